The Morgan fingerprint density at radius 2 is 1.61 bits per heavy atom. The summed E-state index contributed by atoms with van der Waals surface area (Å²) >= 11 is 0. The van der Waals surface area contributed by atoms with Crippen LogP contribution in [0.4, 0.5) is 0 Å². The normalized spacial score (nSPS) is 15.9. The highest BCUT2D eigenvalue weighted by Gasteiger charge is 2.48. The third-order valence-corrected chi connectivity index (χ3v) is 7.63. The largest absolute Gasteiger partial charge is 0.348 e. The fourth-order valence-electron chi connectivity index (χ4n) is 4.38. The molecule has 4 N–H and O–H groups in total. The van der Waals surface area contributed by atoms with E-state index in [1.54, 1.807) is 33.2 Å². The minimum atomic E-state index is -1.24. The molecule has 1 aromatic heterocycles. The average molecular weight is 524 g/mol. The van der Waals surface area contributed by atoms with Crippen LogP contribution in [0.25, 0.3) is 0 Å². The molecule has 0 unspecified atom stereocenters. The van der Waals surface area contributed by atoms with Crippen LogP contribution in [0.2, 0.25) is 0 Å². The Balaban J connectivity index is 2.35. The number of hydrogen-bond acceptors (Lipinski definition) is 5. The molecular weight excluding hydrogens is 478 g/mol. The summed E-state index contributed by atoms with van der Waals surface area (Å²) in [7, 11) is 1.75. The number of rotatable bonds is 11. The lowest BCUT2D eigenvalue weighted by molar-refractivity contribution is -0.139. The van der Waals surface area contributed by atoms with Gasteiger partial charge in [0.2, 0.25) is 17.6 Å². The fraction of sp³-hybridized carbons (Fsp3) is 0.533. The first-order valence-electron chi connectivity index (χ1n) is 13.1. The van der Waals surface area contributed by atoms with Gasteiger partial charge in [0.25, 0.3) is 0 Å². The standard InChI is InChI=1S/C30H45N5O3/c1-19(2)22(18-20(3)23(36)25-32-16-17-33-25)34-27(38)30(9,28(4,5)6)35-26(37)24(31-10)29(7,8)21-14-12-11-13-15-21/h11-19,22,24,31H,1-10H3,(H,32,33)(H,34,38)(H,35,37)/t22-,24-,30-/m1/s1. The second-order valence-corrected chi connectivity index (χ2v) is 12.0. The number of allylic oxidation sites excluding steroid dienone is 1. The summed E-state index contributed by atoms with van der Waals surface area (Å²) in [5.74, 6) is -0.575. The minimum absolute atomic E-state index is 0.000270. The number of ketones is 1. The number of H-pyrrole nitrogens is 1. The van der Waals surface area contributed by atoms with Gasteiger partial charge in [0.15, 0.2) is 5.82 Å². The van der Waals surface area contributed by atoms with Gasteiger partial charge in [-0.05, 0) is 43.4 Å². The van der Waals surface area contributed by atoms with Crippen molar-refractivity contribution in [2.24, 2.45) is 11.3 Å². The molecule has 0 radical (unpaired) electrons. The number of likely N-dealkylation sites (N-methyl/N-ethyl adjacent to an activating group) is 1. The van der Waals surface area contributed by atoms with Gasteiger partial charge in [-0.15, -0.1) is 0 Å². The Kier molecular flexibility index (Phi) is 9.83. The Labute approximate surface area is 227 Å². The average Bonchev–Trinajstić information content (AvgIpc) is 3.37. The lowest BCUT2D eigenvalue weighted by Gasteiger charge is -2.44. The Morgan fingerprint density at radius 1 is 1.00 bits per heavy atom. The highest BCUT2D eigenvalue weighted by Crippen LogP contribution is 2.33. The molecule has 0 aliphatic rings. The van der Waals surface area contributed by atoms with Gasteiger partial charge in [-0.2, -0.15) is 0 Å². The second kappa shape index (κ2) is 12.1. The number of carbonyl (C=O) groups is 3. The molecular formula is C30H45N5O3. The maximum atomic E-state index is 13.9. The quantitative estimate of drug-likeness (QED) is 0.261. The monoisotopic (exact) mass is 523 g/mol. The number of nitrogens with one attached hydrogen (secondary N) is 4. The zero-order valence-corrected chi connectivity index (χ0v) is 24.5. The fourth-order valence-corrected chi connectivity index (χ4v) is 4.38. The summed E-state index contributed by atoms with van der Waals surface area (Å²) in [5, 5.41) is 9.35. The van der Waals surface area contributed by atoms with Crippen molar-refractivity contribution in [2.75, 3.05) is 7.05 Å². The van der Waals surface area contributed by atoms with Crippen LogP contribution in [0.15, 0.2) is 54.4 Å². The molecule has 38 heavy (non-hydrogen) atoms. The van der Waals surface area contributed by atoms with Crippen molar-refractivity contribution in [3.05, 3.63) is 65.8 Å². The van der Waals surface area contributed by atoms with Crippen LogP contribution in [0.5, 0.6) is 0 Å². The third kappa shape index (κ3) is 6.78. The van der Waals surface area contributed by atoms with E-state index in [1.807, 2.05) is 78.8 Å². The molecule has 208 valence electrons. The topological polar surface area (TPSA) is 116 Å². The van der Waals surface area contributed by atoms with Crippen molar-refractivity contribution in [1.29, 1.82) is 0 Å². The van der Waals surface area contributed by atoms with Gasteiger partial charge in [-0.25, -0.2) is 4.98 Å². The molecule has 0 aliphatic carbocycles. The zero-order valence-electron chi connectivity index (χ0n) is 24.5. The van der Waals surface area contributed by atoms with Crippen molar-refractivity contribution in [3.8, 4) is 0 Å². The van der Waals surface area contributed by atoms with E-state index in [1.165, 1.54) is 6.20 Å². The van der Waals surface area contributed by atoms with E-state index in [9.17, 15) is 14.4 Å². The number of Topliss-reactive ketones (excluding diaryl/α,β-unsaturated/α-hetero) is 1. The zero-order chi connectivity index (χ0) is 28.9. The van der Waals surface area contributed by atoms with E-state index in [0.29, 0.717) is 5.57 Å². The summed E-state index contributed by atoms with van der Waals surface area (Å²) in [5.41, 5.74) is -0.918. The first kappa shape index (κ1) is 31.0. The second-order valence-electron chi connectivity index (χ2n) is 12.0. The van der Waals surface area contributed by atoms with Gasteiger partial charge in [-0.3, -0.25) is 14.4 Å². The first-order chi connectivity index (χ1) is 17.6. The number of amides is 2. The summed E-state index contributed by atoms with van der Waals surface area (Å²) in [6, 6.07) is 8.82. The number of nitrogens with zero attached hydrogens (tertiary/aromatic N) is 1. The molecule has 2 rings (SSSR count). The van der Waals surface area contributed by atoms with Gasteiger partial charge in [0.1, 0.15) is 5.54 Å². The molecule has 8 nitrogen and oxygen atoms in total. The number of benzene rings is 1. The lowest BCUT2D eigenvalue weighted by Crippen LogP contribution is -2.68. The van der Waals surface area contributed by atoms with Crippen LogP contribution in [0, 0.1) is 11.3 Å². The smallest absolute Gasteiger partial charge is 0.246 e. The van der Waals surface area contributed by atoms with E-state index < -0.39 is 28.5 Å². The maximum Gasteiger partial charge on any atom is 0.246 e. The molecule has 2 amide bonds. The van der Waals surface area contributed by atoms with E-state index in [0.717, 1.165) is 5.56 Å². The summed E-state index contributed by atoms with van der Waals surface area (Å²) in [6.07, 6.45) is 4.88. The number of aromatic nitrogens is 2. The molecule has 2 aromatic rings. The molecule has 0 saturated heterocycles. The Bertz CT molecular complexity index is 1130. The summed E-state index contributed by atoms with van der Waals surface area (Å²) in [4.78, 5) is 47.2. The summed E-state index contributed by atoms with van der Waals surface area (Å²) in [6.45, 7) is 17.2. The molecule has 3 atom stereocenters. The number of imidazole rings is 1. The predicted octanol–water partition coefficient (Wildman–Crippen LogP) is 4.17. The van der Waals surface area contributed by atoms with Crippen molar-refractivity contribution >= 4 is 17.6 Å². The van der Waals surface area contributed by atoms with E-state index in [-0.39, 0.29) is 29.3 Å². The Morgan fingerprint density at radius 3 is 2.08 bits per heavy atom. The summed E-state index contributed by atoms with van der Waals surface area (Å²) < 4.78 is 0. The van der Waals surface area contributed by atoms with Crippen molar-refractivity contribution in [3.63, 3.8) is 0 Å². The number of aromatic amines is 1. The van der Waals surface area contributed by atoms with Crippen LogP contribution in [0.1, 0.15) is 78.5 Å². The molecule has 0 saturated carbocycles. The molecule has 0 fully saturated rings. The van der Waals surface area contributed by atoms with E-state index >= 15 is 0 Å². The highest BCUT2D eigenvalue weighted by molar-refractivity contribution is 6.05. The molecule has 1 heterocycles. The minimum Gasteiger partial charge on any atom is -0.348 e. The van der Waals surface area contributed by atoms with Crippen LogP contribution >= 0.6 is 0 Å². The van der Waals surface area contributed by atoms with Crippen LogP contribution < -0.4 is 16.0 Å². The first-order valence-corrected chi connectivity index (χ1v) is 13.1. The molecule has 0 spiro atoms. The molecule has 0 aliphatic heterocycles. The van der Waals surface area contributed by atoms with Crippen LogP contribution in [0.3, 0.4) is 0 Å². The van der Waals surface area contributed by atoms with E-state index in [2.05, 4.69) is 25.9 Å². The van der Waals surface area contributed by atoms with Gasteiger partial charge < -0.3 is 20.9 Å². The molecule has 0 bridgehead atoms. The van der Waals surface area contributed by atoms with Gasteiger partial charge >= 0.3 is 0 Å². The van der Waals surface area contributed by atoms with Gasteiger partial charge in [0, 0.05) is 17.8 Å². The van der Waals surface area contributed by atoms with E-state index in [4.69, 9.17) is 0 Å². The number of carbonyl (C=O) groups excluding carboxylic acids is 3. The SMILES string of the molecule is CN[C@H](C(=O)N[C@](C)(C(=O)N[C@H](C=C(C)C(=O)c1ncc[nH]1)C(C)C)C(C)(C)C)C(C)(C)c1ccccc1. The Hall–Kier alpha value is -3.26. The van der Waals surface area contributed by atoms with Crippen molar-refractivity contribution in [2.45, 2.75) is 85.4 Å². The molecule has 1 aromatic carbocycles. The molecule has 8 heteroatoms. The van der Waals surface area contributed by atoms with Crippen LogP contribution in [-0.2, 0) is 15.0 Å². The van der Waals surface area contributed by atoms with Gasteiger partial charge in [0.05, 0.1) is 12.1 Å². The lowest BCUT2D eigenvalue weighted by atomic mass is 9.72. The van der Waals surface area contributed by atoms with Crippen molar-refractivity contribution < 1.29 is 14.4 Å². The number of hydrogen-bond donors (Lipinski definition) is 4. The predicted molar refractivity (Wildman–Crippen MR) is 152 cm³/mol. The highest BCUT2D eigenvalue weighted by atomic mass is 16.2. The third-order valence-electron chi connectivity index (χ3n) is 7.63. The maximum absolute atomic E-state index is 13.9. The van der Waals surface area contributed by atoms with Gasteiger partial charge in [-0.1, -0.05) is 84.9 Å². The van der Waals surface area contributed by atoms with Crippen LogP contribution in [-0.4, -0.2) is 52.2 Å². The van der Waals surface area contributed by atoms with Crippen molar-refractivity contribution in [1.82, 2.24) is 25.9 Å².